The lowest BCUT2D eigenvalue weighted by Gasteiger charge is -2.18. The Hall–Kier alpha value is 0.170. The van der Waals surface area contributed by atoms with Gasteiger partial charge < -0.3 is 5.32 Å². The number of hydrogen-bond acceptors (Lipinski definition) is 3. The van der Waals surface area contributed by atoms with Gasteiger partial charge in [-0.05, 0) is 31.3 Å². The van der Waals surface area contributed by atoms with Crippen molar-refractivity contribution in [3.05, 3.63) is 0 Å². The van der Waals surface area contributed by atoms with Gasteiger partial charge in [-0.15, -0.1) is 0 Å². The van der Waals surface area contributed by atoms with Crippen molar-refractivity contribution in [3.63, 3.8) is 0 Å². The van der Waals surface area contributed by atoms with E-state index in [1.807, 2.05) is 20.8 Å². The molecule has 0 saturated heterocycles. The van der Waals surface area contributed by atoms with Gasteiger partial charge in [-0.25, -0.2) is 0 Å². The molecule has 0 aliphatic heterocycles. The molecule has 84 valence electrons. The fourth-order valence-electron chi connectivity index (χ4n) is 0.998. The molecule has 0 rings (SSSR count). The Kier molecular flexibility index (Phi) is 7.55. The van der Waals surface area contributed by atoms with Crippen LogP contribution in [-0.4, -0.2) is 29.2 Å². The summed E-state index contributed by atoms with van der Waals surface area (Å²) in [7, 11) is 0. The van der Waals surface area contributed by atoms with E-state index in [-0.39, 0.29) is 23.1 Å². The van der Waals surface area contributed by atoms with Gasteiger partial charge in [0.15, 0.2) is 0 Å². The molecule has 0 heterocycles. The van der Waals surface area contributed by atoms with Crippen molar-refractivity contribution in [2.24, 2.45) is 5.92 Å². The van der Waals surface area contributed by atoms with Crippen LogP contribution in [0.2, 0.25) is 0 Å². The van der Waals surface area contributed by atoms with Gasteiger partial charge in [0.25, 0.3) is 0 Å². The van der Waals surface area contributed by atoms with Gasteiger partial charge in [0.1, 0.15) is 0 Å². The summed E-state index contributed by atoms with van der Waals surface area (Å²) in [5, 5.41) is 2.78. The number of nitrogens with one attached hydrogen (secondary N) is 1. The highest BCUT2D eigenvalue weighted by molar-refractivity contribution is 7.98. The first-order valence-electron chi connectivity index (χ1n) is 4.96. The highest BCUT2D eigenvalue weighted by Gasteiger charge is 2.18. The number of thiol groups is 1. The Morgan fingerprint density at radius 3 is 2.43 bits per heavy atom. The summed E-state index contributed by atoms with van der Waals surface area (Å²) in [6.07, 6.45) is 3.09. The zero-order chi connectivity index (χ0) is 11.1. The zero-order valence-electron chi connectivity index (χ0n) is 9.41. The lowest BCUT2D eigenvalue weighted by Crippen LogP contribution is -2.40. The summed E-state index contributed by atoms with van der Waals surface area (Å²) in [6, 6.07) is 0.253. The molecular weight excluding hydrogens is 214 g/mol. The fraction of sp³-hybridized carbons (Fsp3) is 0.900. The van der Waals surface area contributed by atoms with Crippen molar-refractivity contribution in [1.82, 2.24) is 5.32 Å². The van der Waals surface area contributed by atoms with Gasteiger partial charge in [-0.3, -0.25) is 4.79 Å². The molecule has 1 amide bonds. The minimum atomic E-state index is -0.188. The number of carbonyl (C=O) groups excluding carboxylic acids is 1. The molecule has 0 aromatic heterocycles. The van der Waals surface area contributed by atoms with E-state index >= 15 is 0 Å². The molecule has 2 atom stereocenters. The quantitative estimate of drug-likeness (QED) is 0.691. The third kappa shape index (κ3) is 5.81. The Morgan fingerprint density at radius 2 is 2.00 bits per heavy atom. The van der Waals surface area contributed by atoms with Crippen molar-refractivity contribution < 1.29 is 4.79 Å². The molecule has 0 aliphatic carbocycles. The van der Waals surface area contributed by atoms with Crippen LogP contribution in [0.1, 0.15) is 27.2 Å². The maximum Gasteiger partial charge on any atom is 0.233 e. The van der Waals surface area contributed by atoms with Crippen LogP contribution in [0.4, 0.5) is 0 Å². The molecule has 4 heteroatoms. The van der Waals surface area contributed by atoms with Crippen LogP contribution in [0.25, 0.3) is 0 Å². The molecule has 0 saturated carbocycles. The number of rotatable bonds is 6. The highest BCUT2D eigenvalue weighted by atomic mass is 32.2. The van der Waals surface area contributed by atoms with E-state index in [2.05, 4.69) is 24.2 Å². The van der Waals surface area contributed by atoms with Gasteiger partial charge in [-0.1, -0.05) is 13.8 Å². The van der Waals surface area contributed by atoms with E-state index in [1.54, 1.807) is 11.8 Å². The molecule has 0 bridgehead atoms. The summed E-state index contributed by atoms with van der Waals surface area (Å²) < 4.78 is 0. The second-order valence-corrected chi connectivity index (χ2v) is 5.42. The standard InChI is InChI=1S/C10H21NOS2/c1-7(2)9(13)10(12)11-8(3)5-6-14-4/h7-9,13H,5-6H2,1-4H3,(H,11,12). The number of carbonyl (C=O) groups is 1. The van der Waals surface area contributed by atoms with Crippen molar-refractivity contribution in [2.75, 3.05) is 12.0 Å². The minimum absolute atomic E-state index is 0.0527. The second kappa shape index (κ2) is 7.46. The van der Waals surface area contributed by atoms with Crippen LogP contribution >= 0.6 is 24.4 Å². The first-order valence-corrected chi connectivity index (χ1v) is 6.87. The van der Waals surface area contributed by atoms with E-state index < -0.39 is 0 Å². The summed E-state index contributed by atoms with van der Waals surface area (Å²) in [4.78, 5) is 11.6. The Bertz CT molecular complexity index is 174. The molecule has 2 unspecified atom stereocenters. The largest absolute Gasteiger partial charge is 0.353 e. The van der Waals surface area contributed by atoms with Crippen LogP contribution < -0.4 is 5.32 Å². The van der Waals surface area contributed by atoms with E-state index in [0.29, 0.717) is 0 Å². The van der Waals surface area contributed by atoms with Crippen LogP contribution in [0, 0.1) is 5.92 Å². The van der Waals surface area contributed by atoms with E-state index in [9.17, 15) is 4.79 Å². The summed E-state index contributed by atoms with van der Waals surface area (Å²) in [5.41, 5.74) is 0. The van der Waals surface area contributed by atoms with Crippen LogP contribution in [-0.2, 0) is 4.79 Å². The second-order valence-electron chi connectivity index (χ2n) is 3.88. The lowest BCUT2D eigenvalue weighted by atomic mass is 10.1. The molecule has 1 N–H and O–H groups in total. The zero-order valence-corrected chi connectivity index (χ0v) is 11.1. The summed E-state index contributed by atoms with van der Waals surface area (Å²) in [5.74, 6) is 1.42. The summed E-state index contributed by atoms with van der Waals surface area (Å²) >= 11 is 6.07. The van der Waals surface area contributed by atoms with E-state index in [4.69, 9.17) is 0 Å². The van der Waals surface area contributed by atoms with Crippen molar-refractivity contribution >= 4 is 30.3 Å². The molecule has 0 aromatic rings. The smallest absolute Gasteiger partial charge is 0.233 e. The molecule has 0 spiro atoms. The van der Waals surface area contributed by atoms with Crippen LogP contribution in [0.15, 0.2) is 0 Å². The maximum absolute atomic E-state index is 11.6. The minimum Gasteiger partial charge on any atom is -0.353 e. The van der Waals surface area contributed by atoms with Crippen LogP contribution in [0.5, 0.6) is 0 Å². The first-order chi connectivity index (χ1) is 6.49. The molecule has 2 nitrogen and oxygen atoms in total. The molecule has 0 radical (unpaired) electrons. The van der Waals surface area contributed by atoms with Gasteiger partial charge >= 0.3 is 0 Å². The van der Waals surface area contributed by atoms with Gasteiger partial charge in [0, 0.05) is 6.04 Å². The maximum atomic E-state index is 11.6. The Labute approximate surface area is 97.0 Å². The third-order valence-corrected chi connectivity index (χ3v) is 3.52. The topological polar surface area (TPSA) is 29.1 Å². The molecule has 0 aromatic carbocycles. The average Bonchev–Trinajstić information content (AvgIpc) is 2.13. The average molecular weight is 235 g/mol. The number of thioether (sulfide) groups is 1. The van der Waals surface area contributed by atoms with Crippen LogP contribution in [0.3, 0.4) is 0 Å². The SMILES string of the molecule is CSCCC(C)NC(=O)C(S)C(C)C. The Balaban J connectivity index is 3.81. The van der Waals surface area contributed by atoms with Gasteiger partial charge in [0.2, 0.25) is 5.91 Å². The molecular formula is C10H21NOS2. The third-order valence-electron chi connectivity index (χ3n) is 2.04. The predicted octanol–water partition coefficient (Wildman–Crippen LogP) is 2.20. The molecule has 0 aliphatic rings. The van der Waals surface area contributed by atoms with E-state index in [1.165, 1.54) is 0 Å². The molecule has 0 fully saturated rings. The van der Waals surface area contributed by atoms with Crippen molar-refractivity contribution in [3.8, 4) is 0 Å². The van der Waals surface area contributed by atoms with Gasteiger partial charge in [-0.2, -0.15) is 24.4 Å². The Morgan fingerprint density at radius 1 is 1.43 bits per heavy atom. The molecule has 14 heavy (non-hydrogen) atoms. The van der Waals surface area contributed by atoms with Gasteiger partial charge in [0.05, 0.1) is 5.25 Å². The first kappa shape index (κ1) is 14.2. The summed E-state index contributed by atoms with van der Waals surface area (Å²) in [6.45, 7) is 6.04. The van der Waals surface area contributed by atoms with E-state index in [0.717, 1.165) is 12.2 Å². The lowest BCUT2D eigenvalue weighted by molar-refractivity contribution is -0.121. The number of amides is 1. The van der Waals surface area contributed by atoms with Crippen molar-refractivity contribution in [1.29, 1.82) is 0 Å². The monoisotopic (exact) mass is 235 g/mol. The number of hydrogen-bond donors (Lipinski definition) is 2. The van der Waals surface area contributed by atoms with Crippen molar-refractivity contribution in [2.45, 2.75) is 38.5 Å². The normalized spacial score (nSPS) is 15.3. The predicted molar refractivity (Wildman–Crippen MR) is 68.2 cm³/mol. The fourth-order valence-corrected chi connectivity index (χ4v) is 1.66. The highest BCUT2D eigenvalue weighted by Crippen LogP contribution is 2.09.